The Bertz CT molecular complexity index is 1320. The second-order valence-corrected chi connectivity index (χ2v) is 8.56. The Labute approximate surface area is 205 Å². The van der Waals surface area contributed by atoms with Gasteiger partial charge in [-0.25, -0.2) is 0 Å². The Kier molecular flexibility index (Phi) is 5.95. The van der Waals surface area contributed by atoms with E-state index in [1.165, 1.54) is 0 Å². The molecule has 3 aromatic carbocycles. The third-order valence-electron chi connectivity index (χ3n) is 5.60. The van der Waals surface area contributed by atoms with Crippen LogP contribution in [0.2, 0.25) is 0 Å². The molecule has 2 heterocycles. The summed E-state index contributed by atoms with van der Waals surface area (Å²) in [5.74, 6) is 2.41. The number of fused-ring (bicyclic) bond motifs is 2. The van der Waals surface area contributed by atoms with E-state index in [0.29, 0.717) is 52.0 Å². The first kappa shape index (κ1) is 22.0. The fraction of sp³-hybridized carbons (Fsp3) is 0.192. The van der Waals surface area contributed by atoms with E-state index in [4.69, 9.17) is 29.4 Å². The number of nitriles is 1. The Balaban J connectivity index is 1.58. The first-order valence-electron chi connectivity index (χ1n) is 10.7. The van der Waals surface area contributed by atoms with E-state index >= 15 is 0 Å². The van der Waals surface area contributed by atoms with Crippen LogP contribution in [0.4, 0.5) is 0 Å². The maximum absolute atomic E-state index is 9.93. The van der Waals surface area contributed by atoms with Gasteiger partial charge >= 0.3 is 0 Å². The molecule has 0 unspecified atom stereocenters. The SMILES string of the molecule is CCOc1cc([C@H]2C(C#N)=C(N)Oc3cc4c(cc32)OCO4)cc(Br)c1OCc1ccccc1. The number of ether oxygens (including phenoxy) is 5. The van der Waals surface area contributed by atoms with Gasteiger partial charge in [-0.05, 0) is 52.2 Å². The monoisotopic (exact) mass is 520 g/mol. The molecule has 2 N–H and O–H groups in total. The number of allylic oxidation sites excluding steroid dienone is 1. The molecule has 0 saturated heterocycles. The molecule has 2 aliphatic rings. The zero-order valence-corrected chi connectivity index (χ0v) is 19.9. The minimum absolute atomic E-state index is 0.0531. The third-order valence-corrected chi connectivity index (χ3v) is 6.19. The van der Waals surface area contributed by atoms with Crippen LogP contribution in [0.25, 0.3) is 0 Å². The lowest BCUT2D eigenvalue weighted by Gasteiger charge is -2.27. The van der Waals surface area contributed by atoms with Gasteiger partial charge in [0.25, 0.3) is 0 Å². The summed E-state index contributed by atoms with van der Waals surface area (Å²) < 4.78 is 29.6. The zero-order chi connectivity index (χ0) is 23.7. The van der Waals surface area contributed by atoms with Crippen molar-refractivity contribution in [1.29, 1.82) is 5.26 Å². The minimum Gasteiger partial charge on any atom is -0.490 e. The summed E-state index contributed by atoms with van der Waals surface area (Å²) in [6.07, 6.45) is 0. The standard InChI is InChI=1S/C26H21BrN2O5/c1-2-30-23-9-16(8-19(27)25(23)31-13-15-6-4-3-5-7-15)24-17-10-21-22(33-14-32-21)11-20(17)34-26(29)18(24)12-28/h3-11,24H,2,13-14,29H2,1H3/t24-/m1/s1. The van der Waals surface area contributed by atoms with Crippen molar-refractivity contribution in [2.24, 2.45) is 5.73 Å². The van der Waals surface area contributed by atoms with Crippen LogP contribution in [-0.2, 0) is 6.61 Å². The molecule has 0 radical (unpaired) electrons. The molecule has 0 saturated carbocycles. The summed E-state index contributed by atoms with van der Waals surface area (Å²) in [5.41, 5.74) is 9.04. The lowest BCUT2D eigenvalue weighted by atomic mass is 9.83. The molecule has 0 aromatic heterocycles. The fourth-order valence-electron chi connectivity index (χ4n) is 4.08. The van der Waals surface area contributed by atoms with Crippen molar-refractivity contribution in [1.82, 2.24) is 0 Å². The number of halogens is 1. The van der Waals surface area contributed by atoms with Crippen LogP contribution in [-0.4, -0.2) is 13.4 Å². The predicted octanol–water partition coefficient (Wildman–Crippen LogP) is 5.37. The molecule has 0 aliphatic carbocycles. The van der Waals surface area contributed by atoms with Gasteiger partial charge in [0.2, 0.25) is 12.7 Å². The summed E-state index contributed by atoms with van der Waals surface area (Å²) in [5, 5.41) is 9.93. The van der Waals surface area contributed by atoms with Gasteiger partial charge < -0.3 is 29.4 Å². The van der Waals surface area contributed by atoms with Crippen molar-refractivity contribution < 1.29 is 23.7 Å². The van der Waals surface area contributed by atoms with E-state index in [1.54, 1.807) is 6.07 Å². The van der Waals surface area contributed by atoms with Gasteiger partial charge in [-0.2, -0.15) is 5.26 Å². The molecular formula is C26H21BrN2O5. The molecule has 0 bridgehead atoms. The van der Waals surface area contributed by atoms with E-state index < -0.39 is 5.92 Å². The molecule has 3 aromatic rings. The van der Waals surface area contributed by atoms with Gasteiger partial charge in [-0.15, -0.1) is 0 Å². The van der Waals surface area contributed by atoms with Crippen molar-refractivity contribution in [3.05, 3.63) is 87.2 Å². The maximum atomic E-state index is 9.93. The molecular weight excluding hydrogens is 500 g/mol. The van der Waals surface area contributed by atoms with E-state index in [1.807, 2.05) is 55.5 Å². The number of rotatable bonds is 6. The predicted molar refractivity (Wildman–Crippen MR) is 128 cm³/mol. The molecule has 34 heavy (non-hydrogen) atoms. The fourth-order valence-corrected chi connectivity index (χ4v) is 4.65. The minimum atomic E-state index is -0.484. The number of nitrogens with zero attached hydrogens (tertiary/aromatic N) is 1. The number of hydrogen-bond acceptors (Lipinski definition) is 7. The number of nitrogens with two attached hydrogens (primary N) is 1. The lowest BCUT2D eigenvalue weighted by Crippen LogP contribution is -2.21. The van der Waals surface area contributed by atoms with Gasteiger partial charge in [0.1, 0.15) is 24.0 Å². The second-order valence-electron chi connectivity index (χ2n) is 7.71. The quantitative estimate of drug-likeness (QED) is 0.466. The molecule has 0 amide bonds. The molecule has 0 fully saturated rings. The van der Waals surface area contributed by atoms with Crippen LogP contribution < -0.4 is 29.4 Å². The molecule has 172 valence electrons. The Morgan fingerprint density at radius 2 is 1.82 bits per heavy atom. The maximum Gasteiger partial charge on any atom is 0.231 e. The molecule has 1 atom stereocenters. The van der Waals surface area contributed by atoms with Gasteiger partial charge in [-0.3, -0.25) is 0 Å². The average molecular weight is 521 g/mol. The van der Waals surface area contributed by atoms with Crippen LogP contribution in [0.15, 0.2) is 70.5 Å². The van der Waals surface area contributed by atoms with Crippen molar-refractivity contribution in [3.8, 4) is 34.8 Å². The van der Waals surface area contributed by atoms with Crippen LogP contribution in [0, 0.1) is 11.3 Å². The van der Waals surface area contributed by atoms with Crippen molar-refractivity contribution in [3.63, 3.8) is 0 Å². The highest BCUT2D eigenvalue weighted by atomic mass is 79.9. The summed E-state index contributed by atoms with van der Waals surface area (Å²) in [6, 6.07) is 19.5. The molecule has 2 aliphatic heterocycles. The van der Waals surface area contributed by atoms with E-state index in [-0.39, 0.29) is 12.7 Å². The zero-order valence-electron chi connectivity index (χ0n) is 18.3. The van der Waals surface area contributed by atoms with Gasteiger partial charge in [0.05, 0.1) is 17.0 Å². The van der Waals surface area contributed by atoms with E-state index in [0.717, 1.165) is 16.7 Å². The smallest absolute Gasteiger partial charge is 0.231 e. The first-order valence-corrected chi connectivity index (χ1v) is 11.5. The summed E-state index contributed by atoms with van der Waals surface area (Å²) in [7, 11) is 0. The highest BCUT2D eigenvalue weighted by molar-refractivity contribution is 9.10. The highest BCUT2D eigenvalue weighted by Gasteiger charge is 2.34. The lowest BCUT2D eigenvalue weighted by molar-refractivity contribution is 0.174. The van der Waals surface area contributed by atoms with Gasteiger partial charge in [0.15, 0.2) is 23.0 Å². The molecule has 8 heteroatoms. The van der Waals surface area contributed by atoms with Crippen LogP contribution in [0.5, 0.6) is 28.7 Å². The Morgan fingerprint density at radius 3 is 2.56 bits per heavy atom. The van der Waals surface area contributed by atoms with Gasteiger partial charge in [0, 0.05) is 11.6 Å². The number of hydrogen-bond donors (Lipinski definition) is 1. The normalized spacial score (nSPS) is 15.9. The Hall–Kier alpha value is -3.83. The molecule has 5 rings (SSSR count). The average Bonchev–Trinajstić information content (AvgIpc) is 3.29. The highest BCUT2D eigenvalue weighted by Crippen LogP contribution is 2.50. The summed E-state index contributed by atoms with van der Waals surface area (Å²) >= 11 is 3.64. The van der Waals surface area contributed by atoms with E-state index in [9.17, 15) is 5.26 Å². The number of benzene rings is 3. The topological polar surface area (TPSA) is 96.0 Å². The van der Waals surface area contributed by atoms with Gasteiger partial charge in [-0.1, -0.05) is 30.3 Å². The van der Waals surface area contributed by atoms with E-state index in [2.05, 4.69) is 22.0 Å². The van der Waals surface area contributed by atoms with Crippen molar-refractivity contribution in [2.45, 2.75) is 19.4 Å². The van der Waals surface area contributed by atoms with Crippen LogP contribution >= 0.6 is 15.9 Å². The summed E-state index contributed by atoms with van der Waals surface area (Å²) in [4.78, 5) is 0. The third kappa shape index (κ3) is 3.99. The van der Waals surface area contributed by atoms with Crippen molar-refractivity contribution in [2.75, 3.05) is 13.4 Å². The van der Waals surface area contributed by atoms with Crippen LogP contribution in [0.3, 0.4) is 0 Å². The van der Waals surface area contributed by atoms with Crippen molar-refractivity contribution >= 4 is 15.9 Å². The second kappa shape index (κ2) is 9.20. The van der Waals surface area contributed by atoms with Crippen LogP contribution in [0.1, 0.15) is 29.5 Å². The molecule has 0 spiro atoms. The largest absolute Gasteiger partial charge is 0.490 e. The Morgan fingerprint density at radius 1 is 1.06 bits per heavy atom. The first-order chi connectivity index (χ1) is 16.6. The molecule has 7 nitrogen and oxygen atoms in total. The summed E-state index contributed by atoms with van der Waals surface area (Å²) in [6.45, 7) is 2.87.